The predicted molar refractivity (Wildman–Crippen MR) is 89.0 cm³/mol. The van der Waals surface area contributed by atoms with Gasteiger partial charge in [0.2, 0.25) is 0 Å². The highest BCUT2D eigenvalue weighted by molar-refractivity contribution is 5.20. The molecular formula is C18H31FN2. The lowest BCUT2D eigenvalue weighted by Crippen LogP contribution is -2.43. The highest BCUT2D eigenvalue weighted by Crippen LogP contribution is 2.22. The molecule has 0 saturated carbocycles. The van der Waals surface area contributed by atoms with E-state index in [2.05, 4.69) is 45.1 Å². The molecule has 0 bridgehead atoms. The Hall–Kier alpha value is -0.930. The average Bonchev–Trinajstić information content (AvgIpc) is 2.42. The van der Waals surface area contributed by atoms with Gasteiger partial charge in [0.05, 0.1) is 0 Å². The lowest BCUT2D eigenvalue weighted by atomic mass is 9.96. The number of hydrogen-bond donors (Lipinski definition) is 1. The summed E-state index contributed by atoms with van der Waals surface area (Å²) in [4.78, 5) is 2.22. The predicted octanol–water partition coefficient (Wildman–Crippen LogP) is 4.23. The van der Waals surface area contributed by atoms with Gasteiger partial charge < -0.3 is 10.2 Å². The molecule has 1 rings (SSSR count). The molecule has 0 aromatic heterocycles. The molecule has 0 fully saturated rings. The van der Waals surface area contributed by atoms with E-state index in [-0.39, 0.29) is 5.82 Å². The summed E-state index contributed by atoms with van der Waals surface area (Å²) in [6.45, 7) is 7.73. The monoisotopic (exact) mass is 294 g/mol. The second-order valence-corrected chi connectivity index (χ2v) is 6.53. The Labute approximate surface area is 129 Å². The van der Waals surface area contributed by atoms with Crippen molar-refractivity contribution in [3.05, 3.63) is 35.6 Å². The Balaban J connectivity index is 2.82. The maximum Gasteiger partial charge on any atom is 0.123 e. The van der Waals surface area contributed by atoms with Crippen LogP contribution in [0.5, 0.6) is 0 Å². The Morgan fingerprint density at radius 1 is 1.14 bits per heavy atom. The number of nitrogens with zero attached hydrogens (tertiary/aromatic N) is 1. The second kappa shape index (κ2) is 9.16. The summed E-state index contributed by atoms with van der Waals surface area (Å²) < 4.78 is 13.1. The van der Waals surface area contributed by atoms with Crippen LogP contribution in [0.2, 0.25) is 0 Å². The minimum Gasteiger partial charge on any atom is -0.308 e. The molecule has 21 heavy (non-hydrogen) atoms. The molecule has 0 saturated heterocycles. The molecule has 3 heteroatoms. The SMILES string of the molecule is CCCCC(NC(CN(C)C)C(C)C)c1ccc(F)cc1. The number of rotatable bonds is 9. The number of nitrogens with one attached hydrogen (secondary N) is 1. The molecule has 0 heterocycles. The molecule has 0 radical (unpaired) electrons. The van der Waals surface area contributed by atoms with Crippen LogP contribution in [0.25, 0.3) is 0 Å². The van der Waals surface area contributed by atoms with Crippen LogP contribution in [0, 0.1) is 11.7 Å². The molecule has 1 aromatic rings. The van der Waals surface area contributed by atoms with Crippen molar-refractivity contribution in [3.8, 4) is 0 Å². The maximum absolute atomic E-state index is 13.1. The fourth-order valence-corrected chi connectivity index (χ4v) is 2.56. The van der Waals surface area contributed by atoms with Crippen LogP contribution < -0.4 is 5.32 Å². The third-order valence-electron chi connectivity index (χ3n) is 3.90. The topological polar surface area (TPSA) is 15.3 Å². The van der Waals surface area contributed by atoms with Crippen molar-refractivity contribution in [2.75, 3.05) is 20.6 Å². The van der Waals surface area contributed by atoms with Gasteiger partial charge >= 0.3 is 0 Å². The van der Waals surface area contributed by atoms with Gasteiger partial charge in [-0.25, -0.2) is 4.39 Å². The number of likely N-dealkylation sites (N-methyl/N-ethyl adjacent to an activating group) is 1. The molecule has 0 aliphatic heterocycles. The highest BCUT2D eigenvalue weighted by atomic mass is 19.1. The second-order valence-electron chi connectivity index (χ2n) is 6.53. The van der Waals surface area contributed by atoms with Crippen LogP contribution in [0.3, 0.4) is 0 Å². The van der Waals surface area contributed by atoms with Gasteiger partial charge in [0.15, 0.2) is 0 Å². The van der Waals surface area contributed by atoms with Gasteiger partial charge in [0.1, 0.15) is 5.82 Å². The van der Waals surface area contributed by atoms with Crippen molar-refractivity contribution in [2.24, 2.45) is 5.92 Å². The van der Waals surface area contributed by atoms with E-state index in [1.165, 1.54) is 18.4 Å². The number of unbranched alkanes of at least 4 members (excludes halogenated alkanes) is 1. The van der Waals surface area contributed by atoms with E-state index in [1.807, 2.05) is 12.1 Å². The zero-order valence-electron chi connectivity index (χ0n) is 14.2. The molecule has 120 valence electrons. The first-order valence-electron chi connectivity index (χ1n) is 8.10. The van der Waals surface area contributed by atoms with Crippen molar-refractivity contribution in [3.63, 3.8) is 0 Å². The average molecular weight is 294 g/mol. The van der Waals surface area contributed by atoms with E-state index in [9.17, 15) is 4.39 Å². The molecule has 2 nitrogen and oxygen atoms in total. The van der Waals surface area contributed by atoms with E-state index in [4.69, 9.17) is 0 Å². The molecule has 1 aromatic carbocycles. The molecule has 2 atom stereocenters. The molecular weight excluding hydrogens is 263 g/mol. The summed E-state index contributed by atoms with van der Waals surface area (Å²) >= 11 is 0. The lowest BCUT2D eigenvalue weighted by molar-refractivity contribution is 0.263. The smallest absolute Gasteiger partial charge is 0.123 e. The van der Waals surface area contributed by atoms with E-state index in [0.717, 1.165) is 13.0 Å². The number of halogens is 1. The van der Waals surface area contributed by atoms with Crippen molar-refractivity contribution >= 4 is 0 Å². The zero-order valence-corrected chi connectivity index (χ0v) is 14.2. The molecule has 2 unspecified atom stereocenters. The molecule has 0 aliphatic rings. The Kier molecular flexibility index (Phi) is 7.91. The Morgan fingerprint density at radius 2 is 1.76 bits per heavy atom. The summed E-state index contributed by atoms with van der Waals surface area (Å²) in [5.74, 6) is 0.402. The van der Waals surface area contributed by atoms with Crippen molar-refractivity contribution in [2.45, 2.75) is 52.1 Å². The largest absolute Gasteiger partial charge is 0.308 e. The van der Waals surface area contributed by atoms with Gasteiger partial charge in [-0.05, 0) is 44.1 Å². The Bertz CT molecular complexity index is 387. The third-order valence-corrected chi connectivity index (χ3v) is 3.90. The number of hydrogen-bond acceptors (Lipinski definition) is 2. The maximum atomic E-state index is 13.1. The van der Waals surface area contributed by atoms with Crippen LogP contribution in [-0.2, 0) is 0 Å². The normalized spacial score (nSPS) is 14.7. The fourth-order valence-electron chi connectivity index (χ4n) is 2.56. The summed E-state index contributed by atoms with van der Waals surface area (Å²) in [6, 6.07) is 7.69. The minimum absolute atomic E-state index is 0.165. The molecule has 0 spiro atoms. The van der Waals surface area contributed by atoms with Gasteiger partial charge in [-0.15, -0.1) is 0 Å². The summed E-state index contributed by atoms with van der Waals surface area (Å²) in [5, 5.41) is 3.79. The summed E-state index contributed by atoms with van der Waals surface area (Å²) in [5.41, 5.74) is 1.19. The van der Waals surface area contributed by atoms with Gasteiger partial charge in [-0.3, -0.25) is 0 Å². The fraction of sp³-hybridized carbons (Fsp3) is 0.667. The van der Waals surface area contributed by atoms with Crippen molar-refractivity contribution < 1.29 is 4.39 Å². The van der Waals surface area contributed by atoms with Crippen molar-refractivity contribution in [1.82, 2.24) is 10.2 Å². The first-order valence-corrected chi connectivity index (χ1v) is 8.10. The van der Waals surface area contributed by atoms with E-state index in [1.54, 1.807) is 12.1 Å². The molecule has 0 aliphatic carbocycles. The first-order chi connectivity index (χ1) is 9.93. The van der Waals surface area contributed by atoms with Crippen LogP contribution in [-0.4, -0.2) is 31.6 Å². The lowest BCUT2D eigenvalue weighted by Gasteiger charge is -2.31. The quantitative estimate of drug-likeness (QED) is 0.733. The molecule has 1 N–H and O–H groups in total. The van der Waals surface area contributed by atoms with Crippen LogP contribution in [0.15, 0.2) is 24.3 Å². The van der Waals surface area contributed by atoms with Gasteiger partial charge in [0, 0.05) is 18.6 Å². The van der Waals surface area contributed by atoms with Crippen molar-refractivity contribution in [1.29, 1.82) is 0 Å². The Morgan fingerprint density at radius 3 is 2.24 bits per heavy atom. The first kappa shape index (κ1) is 18.1. The summed E-state index contributed by atoms with van der Waals surface area (Å²) in [7, 11) is 4.21. The third kappa shape index (κ3) is 6.58. The molecule has 0 amide bonds. The standard InChI is InChI=1S/C18H31FN2/c1-6-7-8-17(15-9-11-16(19)12-10-15)20-18(14(2)3)13-21(4)5/h9-12,14,17-18,20H,6-8,13H2,1-5H3. The van der Waals surface area contributed by atoms with E-state index in [0.29, 0.717) is 18.0 Å². The number of benzene rings is 1. The zero-order chi connectivity index (χ0) is 15.8. The highest BCUT2D eigenvalue weighted by Gasteiger charge is 2.20. The van der Waals surface area contributed by atoms with Gasteiger partial charge in [0.25, 0.3) is 0 Å². The minimum atomic E-state index is -0.165. The van der Waals surface area contributed by atoms with Crippen LogP contribution >= 0.6 is 0 Å². The van der Waals surface area contributed by atoms with Crippen LogP contribution in [0.1, 0.15) is 51.6 Å². The van der Waals surface area contributed by atoms with E-state index >= 15 is 0 Å². The van der Waals surface area contributed by atoms with Gasteiger partial charge in [-0.1, -0.05) is 45.7 Å². The summed E-state index contributed by atoms with van der Waals surface area (Å²) in [6.07, 6.45) is 3.46. The van der Waals surface area contributed by atoms with Gasteiger partial charge in [-0.2, -0.15) is 0 Å². The van der Waals surface area contributed by atoms with E-state index < -0.39 is 0 Å². The van der Waals surface area contributed by atoms with Crippen LogP contribution in [0.4, 0.5) is 4.39 Å².